The van der Waals surface area contributed by atoms with Crippen LogP contribution >= 0.6 is 0 Å². The van der Waals surface area contributed by atoms with E-state index in [-0.39, 0.29) is 5.41 Å². The molecule has 2 nitrogen and oxygen atoms in total. The fraction of sp³-hybridized carbons (Fsp3) is 0.0909. The van der Waals surface area contributed by atoms with Crippen molar-refractivity contribution in [1.82, 2.24) is 8.97 Å². The highest BCUT2D eigenvalue weighted by molar-refractivity contribution is 6.30. The largest absolute Gasteiger partial charge is 0.309 e. The van der Waals surface area contributed by atoms with Crippen molar-refractivity contribution in [2.75, 3.05) is 0 Å². The monoisotopic (exact) mass is 590 g/mol. The van der Waals surface area contributed by atoms with E-state index in [0.29, 0.717) is 0 Å². The van der Waals surface area contributed by atoms with Gasteiger partial charge in [0.1, 0.15) is 0 Å². The minimum atomic E-state index is 0.132. The van der Waals surface area contributed by atoms with Gasteiger partial charge in [-0.25, -0.2) is 0 Å². The van der Waals surface area contributed by atoms with Crippen LogP contribution in [0.2, 0.25) is 0 Å². The zero-order valence-electron chi connectivity index (χ0n) is 26.4. The molecule has 0 bridgehead atoms. The quantitative estimate of drug-likeness (QED) is 0.193. The molecule has 46 heavy (non-hydrogen) atoms. The molecule has 0 atom stereocenters. The Balaban J connectivity index is 1.39. The van der Waals surface area contributed by atoms with Crippen LogP contribution in [0.4, 0.5) is 0 Å². The fourth-order valence-corrected chi connectivity index (χ4v) is 7.71. The van der Waals surface area contributed by atoms with Gasteiger partial charge in [-0.2, -0.15) is 0 Å². The maximum absolute atomic E-state index is 4.32. The second-order valence-corrected chi connectivity index (χ2v) is 13.5. The third-order valence-corrected chi connectivity index (χ3v) is 9.92. The lowest BCUT2D eigenvalue weighted by Crippen LogP contribution is -2.10. The first kappa shape index (κ1) is 26.8. The number of fused-ring (bicyclic) bond motifs is 8. The lowest BCUT2D eigenvalue weighted by atomic mass is 9.86. The number of hydrogen-bond donors (Lipinski definition) is 0. The molecule has 3 aromatic heterocycles. The minimum Gasteiger partial charge on any atom is -0.309 e. The van der Waals surface area contributed by atoms with Crippen molar-refractivity contribution in [3.63, 3.8) is 0 Å². The van der Waals surface area contributed by atoms with E-state index in [0.717, 1.165) is 16.9 Å². The molecule has 9 rings (SSSR count). The van der Waals surface area contributed by atoms with E-state index >= 15 is 0 Å². The highest BCUT2D eigenvalue weighted by Gasteiger charge is 2.25. The molecule has 0 aliphatic carbocycles. The zero-order valence-corrected chi connectivity index (χ0v) is 26.4. The highest BCUT2D eigenvalue weighted by atomic mass is 15.0. The molecule has 0 saturated heterocycles. The van der Waals surface area contributed by atoms with E-state index in [1.807, 2.05) is 12.2 Å². The van der Waals surface area contributed by atoms with Crippen LogP contribution in [-0.2, 0) is 5.41 Å². The second kappa shape index (κ2) is 9.45. The van der Waals surface area contributed by atoms with E-state index in [1.165, 1.54) is 76.5 Å². The Morgan fingerprint density at radius 2 is 1.28 bits per heavy atom. The van der Waals surface area contributed by atoms with E-state index in [9.17, 15) is 0 Å². The molecule has 6 aromatic carbocycles. The van der Waals surface area contributed by atoms with Crippen LogP contribution in [0.3, 0.4) is 0 Å². The molecule has 0 unspecified atom stereocenters. The summed E-state index contributed by atoms with van der Waals surface area (Å²) < 4.78 is 4.84. The molecule has 0 amide bonds. The third kappa shape index (κ3) is 3.59. The summed E-state index contributed by atoms with van der Waals surface area (Å²) >= 11 is 0. The predicted molar refractivity (Wildman–Crippen MR) is 200 cm³/mol. The Morgan fingerprint density at radius 3 is 2.02 bits per heavy atom. The van der Waals surface area contributed by atoms with E-state index in [4.69, 9.17) is 0 Å². The summed E-state index contributed by atoms with van der Waals surface area (Å²) in [6, 6.07) is 42.5. The van der Waals surface area contributed by atoms with Crippen molar-refractivity contribution in [2.45, 2.75) is 26.2 Å². The first-order chi connectivity index (χ1) is 22.4. The molecule has 2 heteroatoms. The van der Waals surface area contributed by atoms with Gasteiger partial charge >= 0.3 is 0 Å². The van der Waals surface area contributed by atoms with Crippen molar-refractivity contribution in [1.29, 1.82) is 0 Å². The van der Waals surface area contributed by atoms with Crippen LogP contribution in [0.5, 0.6) is 0 Å². The molecule has 9 aromatic rings. The molecule has 0 N–H and O–H groups in total. The molecule has 220 valence electrons. The molecule has 0 radical (unpaired) electrons. The summed E-state index contributed by atoms with van der Waals surface area (Å²) in [5, 5.41) is 8.70. The first-order valence-electron chi connectivity index (χ1n) is 16.0. The maximum Gasteiger partial charge on any atom is 0.0642 e. The van der Waals surface area contributed by atoms with Gasteiger partial charge in [0, 0.05) is 38.2 Å². The molecule has 0 aliphatic heterocycles. The molecule has 0 saturated carbocycles. The Kier molecular flexibility index (Phi) is 5.50. The number of hydrogen-bond acceptors (Lipinski definition) is 0. The minimum absolute atomic E-state index is 0.132. The first-order valence-corrected chi connectivity index (χ1v) is 16.0. The molecule has 0 aliphatic rings. The van der Waals surface area contributed by atoms with Gasteiger partial charge in [0.05, 0.1) is 27.8 Å². The average Bonchev–Trinajstić information content (AvgIpc) is 3.70. The number of nitrogens with zero attached hydrogens (tertiary/aromatic N) is 2. The van der Waals surface area contributed by atoms with Crippen molar-refractivity contribution in [3.05, 3.63) is 145 Å². The SMILES string of the molecule is C=Cc1c(C=C)n2c3cc4cc(-c5ccc(C(C)(C)C)cc5)ccc4cc3c3cc4c5ccccc5n(-c5ccccc5)c4c1c32. The number of rotatable bonds is 4. The van der Waals surface area contributed by atoms with Crippen LogP contribution in [-0.4, -0.2) is 8.97 Å². The van der Waals surface area contributed by atoms with Crippen molar-refractivity contribution < 1.29 is 0 Å². The van der Waals surface area contributed by atoms with Crippen molar-refractivity contribution in [3.8, 4) is 16.8 Å². The topological polar surface area (TPSA) is 9.34 Å². The van der Waals surface area contributed by atoms with Crippen LogP contribution in [0.25, 0.3) is 88.7 Å². The summed E-state index contributed by atoms with van der Waals surface area (Å²) in [7, 11) is 0. The van der Waals surface area contributed by atoms with Gasteiger partial charge in [0.25, 0.3) is 0 Å². The molecular formula is C44H34N2. The molecule has 0 fully saturated rings. The second-order valence-electron chi connectivity index (χ2n) is 13.5. The van der Waals surface area contributed by atoms with Crippen molar-refractivity contribution >= 4 is 71.9 Å². The summed E-state index contributed by atoms with van der Waals surface area (Å²) in [6.45, 7) is 15.4. The van der Waals surface area contributed by atoms with Crippen LogP contribution in [0.1, 0.15) is 37.6 Å². The van der Waals surface area contributed by atoms with Crippen molar-refractivity contribution in [2.24, 2.45) is 0 Å². The summed E-state index contributed by atoms with van der Waals surface area (Å²) in [6.07, 6.45) is 4.01. The summed E-state index contributed by atoms with van der Waals surface area (Å²) in [5.41, 5.74) is 12.1. The fourth-order valence-electron chi connectivity index (χ4n) is 7.71. The van der Waals surface area contributed by atoms with Gasteiger partial charge in [-0.05, 0) is 81.4 Å². The van der Waals surface area contributed by atoms with Gasteiger partial charge in [0.2, 0.25) is 0 Å². The molecule has 3 heterocycles. The average molecular weight is 591 g/mol. The summed E-state index contributed by atoms with van der Waals surface area (Å²) in [4.78, 5) is 0. The standard InChI is InChI=1S/C44H34N2/c1-6-33-38(7-2)46-40-25-30-23-28(27-19-21-31(22-20-27)44(3,4)5)17-18-29(30)24-35(40)37-26-36-34-15-11-12-16-39(34)45(32-13-9-8-10-14-32)42(36)41(33)43(37)46/h6-26H,1-2H2,3-5H3. The number of para-hydroxylation sites is 2. The van der Waals surface area contributed by atoms with Gasteiger partial charge in [-0.15, -0.1) is 0 Å². The number of aromatic nitrogens is 2. The Morgan fingerprint density at radius 1 is 0.565 bits per heavy atom. The molecular weight excluding hydrogens is 556 g/mol. The Labute approximate surface area is 268 Å². The van der Waals surface area contributed by atoms with Crippen LogP contribution < -0.4 is 0 Å². The maximum atomic E-state index is 4.32. The van der Waals surface area contributed by atoms with Crippen LogP contribution in [0.15, 0.2) is 128 Å². The number of benzene rings is 6. The lowest BCUT2D eigenvalue weighted by Gasteiger charge is -2.19. The predicted octanol–water partition coefficient (Wildman–Crippen LogP) is 12.2. The molecule has 0 spiro atoms. The van der Waals surface area contributed by atoms with E-state index in [1.54, 1.807) is 0 Å². The van der Waals surface area contributed by atoms with Gasteiger partial charge in [-0.1, -0.05) is 113 Å². The van der Waals surface area contributed by atoms with Gasteiger partial charge < -0.3 is 8.97 Å². The van der Waals surface area contributed by atoms with E-state index < -0.39 is 0 Å². The van der Waals surface area contributed by atoms with Gasteiger partial charge in [0.15, 0.2) is 0 Å². The van der Waals surface area contributed by atoms with Crippen LogP contribution in [0, 0.1) is 0 Å². The zero-order chi connectivity index (χ0) is 31.3. The summed E-state index contributed by atoms with van der Waals surface area (Å²) in [5.74, 6) is 0. The lowest BCUT2D eigenvalue weighted by molar-refractivity contribution is 0.590. The smallest absolute Gasteiger partial charge is 0.0642 e. The third-order valence-electron chi connectivity index (χ3n) is 9.92. The normalized spacial score (nSPS) is 12.4. The Hall–Kier alpha value is -5.60. The highest BCUT2D eigenvalue weighted by Crippen LogP contribution is 2.47. The Bertz CT molecular complexity index is 2670. The van der Waals surface area contributed by atoms with E-state index in [2.05, 4.69) is 158 Å². The van der Waals surface area contributed by atoms with Gasteiger partial charge in [-0.3, -0.25) is 0 Å².